The summed E-state index contributed by atoms with van der Waals surface area (Å²) in [5.74, 6) is 0.0647. The van der Waals surface area contributed by atoms with Crippen LogP contribution in [0.1, 0.15) is 37.6 Å². The fraction of sp³-hybridized carbons (Fsp3) is 0.400. The molecular formula is C15H20N2O. The van der Waals surface area contributed by atoms with Crippen LogP contribution in [0.25, 0.3) is 10.9 Å². The minimum absolute atomic E-state index is 0.0647. The van der Waals surface area contributed by atoms with Crippen LogP contribution in [0.2, 0.25) is 0 Å². The van der Waals surface area contributed by atoms with Gasteiger partial charge >= 0.3 is 0 Å². The zero-order valence-electron chi connectivity index (χ0n) is 11.4. The Morgan fingerprint density at radius 1 is 1.33 bits per heavy atom. The lowest BCUT2D eigenvalue weighted by molar-refractivity contribution is 0.0622. The van der Waals surface area contributed by atoms with Crippen molar-refractivity contribution in [2.75, 3.05) is 7.05 Å². The molecule has 0 saturated carbocycles. The molecule has 1 N–H and O–H groups in total. The third kappa shape index (κ3) is 2.01. The van der Waals surface area contributed by atoms with Crippen molar-refractivity contribution in [1.82, 2.24) is 9.88 Å². The number of aromatic nitrogens is 1. The van der Waals surface area contributed by atoms with E-state index < -0.39 is 0 Å². The fourth-order valence-corrected chi connectivity index (χ4v) is 1.96. The predicted octanol–water partition coefficient (Wildman–Crippen LogP) is 3.43. The summed E-state index contributed by atoms with van der Waals surface area (Å²) in [4.78, 5) is 17.5. The van der Waals surface area contributed by atoms with Gasteiger partial charge in [0.1, 0.15) is 0 Å². The number of rotatable bonds is 3. The van der Waals surface area contributed by atoms with E-state index in [1.165, 1.54) is 0 Å². The molecule has 2 rings (SSSR count). The normalized spacial score (nSPS) is 11.8. The number of nitrogens with one attached hydrogen (secondary N) is 1. The van der Waals surface area contributed by atoms with E-state index >= 15 is 0 Å². The predicted molar refractivity (Wildman–Crippen MR) is 74.8 cm³/mol. The van der Waals surface area contributed by atoms with E-state index in [0.29, 0.717) is 0 Å². The first kappa shape index (κ1) is 12.7. The Balaban J connectivity index is 2.43. The smallest absolute Gasteiger partial charge is 0.256 e. The highest BCUT2D eigenvalue weighted by atomic mass is 16.2. The van der Waals surface area contributed by atoms with Gasteiger partial charge in [0, 0.05) is 24.2 Å². The van der Waals surface area contributed by atoms with Gasteiger partial charge in [-0.1, -0.05) is 19.1 Å². The maximum atomic E-state index is 12.6. The second-order valence-corrected chi connectivity index (χ2v) is 5.28. The molecule has 0 atom stereocenters. The third-order valence-corrected chi connectivity index (χ3v) is 3.90. The van der Waals surface area contributed by atoms with Crippen molar-refractivity contribution >= 4 is 16.8 Å². The number of benzene rings is 1. The molecule has 0 fully saturated rings. The first-order valence-corrected chi connectivity index (χ1v) is 6.31. The summed E-state index contributed by atoms with van der Waals surface area (Å²) in [7, 11) is 1.87. The topological polar surface area (TPSA) is 36.1 Å². The molecule has 0 bridgehead atoms. The molecule has 2 aromatic rings. The Morgan fingerprint density at radius 3 is 2.72 bits per heavy atom. The molecule has 1 heterocycles. The lowest BCUT2D eigenvalue weighted by Gasteiger charge is -2.35. The number of amides is 1. The molecule has 3 heteroatoms. The minimum atomic E-state index is -0.133. The second-order valence-electron chi connectivity index (χ2n) is 5.28. The van der Waals surface area contributed by atoms with Crippen molar-refractivity contribution < 1.29 is 4.79 Å². The zero-order chi connectivity index (χ0) is 13.3. The van der Waals surface area contributed by atoms with Crippen LogP contribution in [0.3, 0.4) is 0 Å². The van der Waals surface area contributed by atoms with Gasteiger partial charge in [-0.25, -0.2) is 0 Å². The van der Waals surface area contributed by atoms with Crippen molar-refractivity contribution in [3.8, 4) is 0 Å². The lowest BCUT2D eigenvalue weighted by atomic mass is 9.98. The highest BCUT2D eigenvalue weighted by molar-refractivity contribution is 6.05. The number of aromatic amines is 1. The van der Waals surface area contributed by atoms with E-state index in [-0.39, 0.29) is 11.4 Å². The molecule has 0 aliphatic carbocycles. The van der Waals surface area contributed by atoms with Crippen LogP contribution >= 0.6 is 0 Å². The lowest BCUT2D eigenvalue weighted by Crippen LogP contribution is -2.44. The number of fused-ring (bicyclic) bond motifs is 1. The van der Waals surface area contributed by atoms with Crippen molar-refractivity contribution in [2.45, 2.75) is 32.7 Å². The Bertz CT molecular complexity index is 569. The third-order valence-electron chi connectivity index (χ3n) is 3.90. The fourth-order valence-electron chi connectivity index (χ4n) is 1.96. The average molecular weight is 244 g/mol. The molecule has 1 aromatic carbocycles. The molecule has 0 radical (unpaired) electrons. The number of carbonyl (C=O) groups excluding carboxylic acids is 1. The number of H-pyrrole nitrogens is 1. The summed E-state index contributed by atoms with van der Waals surface area (Å²) in [5, 5.41) is 1.07. The molecule has 0 spiro atoms. The largest absolute Gasteiger partial charge is 0.361 e. The van der Waals surface area contributed by atoms with Gasteiger partial charge in [-0.15, -0.1) is 0 Å². The maximum Gasteiger partial charge on any atom is 0.256 e. The van der Waals surface area contributed by atoms with Gasteiger partial charge in [-0.05, 0) is 32.4 Å². The van der Waals surface area contributed by atoms with E-state index in [9.17, 15) is 4.79 Å². The Labute approximate surface area is 108 Å². The van der Waals surface area contributed by atoms with E-state index in [4.69, 9.17) is 0 Å². The molecule has 3 nitrogen and oxygen atoms in total. The van der Waals surface area contributed by atoms with Crippen LogP contribution in [0.15, 0.2) is 30.5 Å². The quantitative estimate of drug-likeness (QED) is 0.882. The monoisotopic (exact) mass is 244 g/mol. The van der Waals surface area contributed by atoms with Gasteiger partial charge in [0.05, 0.1) is 11.1 Å². The van der Waals surface area contributed by atoms with Crippen molar-refractivity contribution in [2.24, 2.45) is 0 Å². The van der Waals surface area contributed by atoms with Crippen molar-refractivity contribution in [3.05, 3.63) is 36.0 Å². The van der Waals surface area contributed by atoms with Crippen LogP contribution in [-0.2, 0) is 0 Å². The average Bonchev–Trinajstić information content (AvgIpc) is 2.84. The Hall–Kier alpha value is -1.77. The van der Waals surface area contributed by atoms with Gasteiger partial charge in [0.15, 0.2) is 0 Å². The van der Waals surface area contributed by atoms with Crippen molar-refractivity contribution in [1.29, 1.82) is 0 Å². The molecule has 0 aliphatic rings. The van der Waals surface area contributed by atoms with Crippen LogP contribution in [0, 0.1) is 0 Å². The summed E-state index contributed by atoms with van der Waals surface area (Å²) in [6.45, 7) is 6.26. The minimum Gasteiger partial charge on any atom is -0.361 e. The van der Waals surface area contributed by atoms with Crippen LogP contribution in [0.5, 0.6) is 0 Å². The van der Waals surface area contributed by atoms with E-state index in [2.05, 4.69) is 25.8 Å². The van der Waals surface area contributed by atoms with Crippen LogP contribution in [-0.4, -0.2) is 28.4 Å². The summed E-state index contributed by atoms with van der Waals surface area (Å²) in [6.07, 6.45) is 2.79. The number of nitrogens with zero attached hydrogens (tertiary/aromatic N) is 1. The first-order chi connectivity index (χ1) is 8.47. The van der Waals surface area contributed by atoms with Crippen LogP contribution in [0.4, 0.5) is 0 Å². The number of hydrogen-bond acceptors (Lipinski definition) is 1. The van der Waals surface area contributed by atoms with Gasteiger partial charge in [-0.3, -0.25) is 4.79 Å². The van der Waals surface area contributed by atoms with Gasteiger partial charge in [0.2, 0.25) is 0 Å². The number of hydrogen-bond donors (Lipinski definition) is 1. The van der Waals surface area contributed by atoms with E-state index in [1.807, 2.05) is 42.4 Å². The Morgan fingerprint density at radius 2 is 2.06 bits per heavy atom. The molecule has 1 aromatic heterocycles. The summed E-state index contributed by atoms with van der Waals surface area (Å²) in [6, 6.07) is 7.80. The molecule has 96 valence electrons. The highest BCUT2D eigenvalue weighted by Crippen LogP contribution is 2.23. The Kier molecular flexibility index (Phi) is 3.16. The van der Waals surface area contributed by atoms with Gasteiger partial charge in [-0.2, -0.15) is 0 Å². The summed E-state index contributed by atoms with van der Waals surface area (Å²) < 4.78 is 0. The maximum absolute atomic E-state index is 12.6. The SMILES string of the molecule is CCC(C)(C)N(C)C(=O)c1cccc2cc[nH]c12. The highest BCUT2D eigenvalue weighted by Gasteiger charge is 2.27. The van der Waals surface area contributed by atoms with E-state index in [1.54, 1.807) is 0 Å². The summed E-state index contributed by atoms with van der Waals surface area (Å²) in [5.41, 5.74) is 1.52. The number of para-hydroxylation sites is 1. The molecule has 18 heavy (non-hydrogen) atoms. The zero-order valence-corrected chi connectivity index (χ0v) is 11.4. The molecule has 1 amide bonds. The first-order valence-electron chi connectivity index (χ1n) is 6.31. The molecule has 0 saturated heterocycles. The second kappa shape index (κ2) is 4.48. The van der Waals surface area contributed by atoms with Gasteiger partial charge in [0.25, 0.3) is 5.91 Å². The number of carbonyl (C=O) groups is 1. The standard InChI is InChI=1S/C15H20N2O/c1-5-15(2,3)17(4)14(18)12-8-6-7-11-9-10-16-13(11)12/h6-10,16H,5H2,1-4H3. The summed E-state index contributed by atoms with van der Waals surface area (Å²) >= 11 is 0. The van der Waals surface area contributed by atoms with Gasteiger partial charge < -0.3 is 9.88 Å². The molecule has 0 unspecified atom stereocenters. The van der Waals surface area contributed by atoms with Crippen molar-refractivity contribution in [3.63, 3.8) is 0 Å². The molecule has 0 aliphatic heterocycles. The molecular weight excluding hydrogens is 224 g/mol. The van der Waals surface area contributed by atoms with E-state index in [0.717, 1.165) is 22.9 Å². The van der Waals surface area contributed by atoms with Crippen LogP contribution < -0.4 is 0 Å².